The zero-order valence-corrected chi connectivity index (χ0v) is 10.00. The fourth-order valence-corrected chi connectivity index (χ4v) is 2.14. The van der Waals surface area contributed by atoms with Crippen molar-refractivity contribution in [3.63, 3.8) is 0 Å². The molecule has 0 saturated heterocycles. The SMILES string of the molecule is Cc1ccnc(SCC(C#N)NC2CC2)n1. The first-order valence-corrected chi connectivity index (χ1v) is 6.34. The van der Waals surface area contributed by atoms with Gasteiger partial charge in [0.15, 0.2) is 5.16 Å². The van der Waals surface area contributed by atoms with E-state index in [2.05, 4.69) is 21.4 Å². The Morgan fingerprint density at radius 1 is 1.69 bits per heavy atom. The first-order chi connectivity index (χ1) is 7.78. The molecule has 0 aliphatic heterocycles. The van der Waals surface area contributed by atoms with Crippen LogP contribution in [0.1, 0.15) is 18.5 Å². The van der Waals surface area contributed by atoms with E-state index in [1.54, 1.807) is 6.20 Å². The molecule has 1 saturated carbocycles. The van der Waals surface area contributed by atoms with Gasteiger partial charge in [0.2, 0.25) is 0 Å². The highest BCUT2D eigenvalue weighted by atomic mass is 32.2. The Labute approximate surface area is 99.5 Å². The predicted molar refractivity (Wildman–Crippen MR) is 63.1 cm³/mol. The molecule has 0 bridgehead atoms. The quantitative estimate of drug-likeness (QED) is 0.618. The molecule has 1 aliphatic carbocycles. The van der Waals surface area contributed by atoms with E-state index in [4.69, 9.17) is 5.26 Å². The van der Waals surface area contributed by atoms with E-state index in [0.29, 0.717) is 11.8 Å². The normalized spacial score (nSPS) is 16.8. The van der Waals surface area contributed by atoms with Crippen molar-refractivity contribution >= 4 is 11.8 Å². The van der Waals surface area contributed by atoms with Crippen molar-refractivity contribution in [2.75, 3.05) is 5.75 Å². The summed E-state index contributed by atoms with van der Waals surface area (Å²) in [6.45, 7) is 1.94. The summed E-state index contributed by atoms with van der Waals surface area (Å²) in [5, 5.41) is 13.0. The van der Waals surface area contributed by atoms with E-state index < -0.39 is 0 Å². The fourth-order valence-electron chi connectivity index (χ4n) is 1.31. The van der Waals surface area contributed by atoms with Crippen LogP contribution in [-0.4, -0.2) is 27.8 Å². The highest BCUT2D eigenvalue weighted by Crippen LogP contribution is 2.21. The van der Waals surface area contributed by atoms with Crippen LogP contribution in [0.5, 0.6) is 0 Å². The molecule has 1 atom stereocenters. The number of aryl methyl sites for hydroxylation is 1. The zero-order chi connectivity index (χ0) is 11.4. The Hall–Kier alpha value is -1.12. The molecule has 1 heterocycles. The standard InChI is InChI=1S/C11H14N4S/c1-8-4-5-13-11(14-8)16-7-10(6-12)15-9-2-3-9/h4-5,9-10,15H,2-3,7H2,1H3. The van der Waals surface area contributed by atoms with Crippen LogP contribution in [0.4, 0.5) is 0 Å². The maximum Gasteiger partial charge on any atom is 0.187 e. The lowest BCUT2D eigenvalue weighted by molar-refractivity contribution is 0.643. The number of nitrogens with zero attached hydrogens (tertiary/aromatic N) is 3. The van der Waals surface area contributed by atoms with Gasteiger partial charge in [0.1, 0.15) is 6.04 Å². The number of hydrogen-bond donors (Lipinski definition) is 1. The monoisotopic (exact) mass is 234 g/mol. The summed E-state index contributed by atoms with van der Waals surface area (Å²) >= 11 is 1.53. The number of thioether (sulfide) groups is 1. The topological polar surface area (TPSA) is 61.6 Å². The van der Waals surface area contributed by atoms with E-state index in [0.717, 1.165) is 10.9 Å². The van der Waals surface area contributed by atoms with Crippen LogP contribution >= 0.6 is 11.8 Å². The molecule has 1 fully saturated rings. The summed E-state index contributed by atoms with van der Waals surface area (Å²) in [4.78, 5) is 8.44. The van der Waals surface area contributed by atoms with Crippen molar-refractivity contribution in [1.29, 1.82) is 5.26 Å². The highest BCUT2D eigenvalue weighted by molar-refractivity contribution is 7.99. The van der Waals surface area contributed by atoms with Crippen LogP contribution in [0.25, 0.3) is 0 Å². The summed E-state index contributed by atoms with van der Waals surface area (Å²) < 4.78 is 0. The van der Waals surface area contributed by atoms with Crippen LogP contribution in [0.15, 0.2) is 17.4 Å². The molecule has 2 rings (SSSR count). The molecular weight excluding hydrogens is 220 g/mol. The first-order valence-electron chi connectivity index (χ1n) is 5.36. The number of aromatic nitrogens is 2. The molecule has 0 amide bonds. The molecule has 1 aromatic heterocycles. The molecule has 16 heavy (non-hydrogen) atoms. The molecule has 0 radical (unpaired) electrons. The Bertz CT molecular complexity index is 397. The number of nitriles is 1. The van der Waals surface area contributed by atoms with Gasteiger partial charge < -0.3 is 0 Å². The van der Waals surface area contributed by atoms with E-state index in [1.165, 1.54) is 24.6 Å². The predicted octanol–water partition coefficient (Wildman–Crippen LogP) is 1.52. The van der Waals surface area contributed by atoms with Gasteiger partial charge in [-0.3, -0.25) is 5.32 Å². The summed E-state index contributed by atoms with van der Waals surface area (Å²) in [6.07, 6.45) is 4.15. The van der Waals surface area contributed by atoms with Gasteiger partial charge >= 0.3 is 0 Å². The molecule has 84 valence electrons. The van der Waals surface area contributed by atoms with Crippen LogP contribution in [0.3, 0.4) is 0 Å². The number of nitrogens with one attached hydrogen (secondary N) is 1. The molecule has 0 spiro atoms. The number of hydrogen-bond acceptors (Lipinski definition) is 5. The summed E-state index contributed by atoms with van der Waals surface area (Å²) in [5.74, 6) is 0.705. The molecular formula is C11H14N4S. The van der Waals surface area contributed by atoms with Crippen molar-refractivity contribution in [3.05, 3.63) is 18.0 Å². The largest absolute Gasteiger partial charge is 0.298 e. The lowest BCUT2D eigenvalue weighted by Gasteiger charge is -2.09. The van der Waals surface area contributed by atoms with Gasteiger partial charge in [0, 0.05) is 23.7 Å². The molecule has 1 aromatic rings. The molecule has 1 N–H and O–H groups in total. The molecule has 0 aromatic carbocycles. The third kappa shape index (κ3) is 3.47. The summed E-state index contributed by atoms with van der Waals surface area (Å²) in [7, 11) is 0. The van der Waals surface area contributed by atoms with Crippen molar-refractivity contribution in [1.82, 2.24) is 15.3 Å². The van der Waals surface area contributed by atoms with Crippen LogP contribution in [-0.2, 0) is 0 Å². The molecule has 1 unspecified atom stereocenters. The highest BCUT2D eigenvalue weighted by Gasteiger charge is 2.24. The second kappa shape index (κ2) is 5.28. The second-order valence-corrected chi connectivity index (χ2v) is 4.90. The van der Waals surface area contributed by atoms with Crippen LogP contribution in [0.2, 0.25) is 0 Å². The van der Waals surface area contributed by atoms with Crippen molar-refractivity contribution in [2.45, 2.75) is 37.0 Å². The van der Waals surface area contributed by atoms with Crippen LogP contribution in [0, 0.1) is 18.3 Å². The van der Waals surface area contributed by atoms with Gasteiger partial charge in [-0.15, -0.1) is 0 Å². The van der Waals surface area contributed by atoms with Crippen molar-refractivity contribution in [3.8, 4) is 6.07 Å². The van der Waals surface area contributed by atoms with Crippen LogP contribution < -0.4 is 5.32 Å². The summed E-state index contributed by atoms with van der Waals surface area (Å²) in [6, 6.07) is 4.60. The molecule has 5 heteroatoms. The van der Waals surface area contributed by atoms with Gasteiger partial charge in [-0.05, 0) is 25.8 Å². The Balaban J connectivity index is 1.83. The van der Waals surface area contributed by atoms with Crippen molar-refractivity contribution < 1.29 is 0 Å². The second-order valence-electron chi connectivity index (χ2n) is 3.91. The van der Waals surface area contributed by atoms with Gasteiger partial charge in [-0.1, -0.05) is 11.8 Å². The number of rotatable bonds is 5. The average molecular weight is 234 g/mol. The Kier molecular flexibility index (Phi) is 3.75. The minimum Gasteiger partial charge on any atom is -0.298 e. The third-order valence-corrected chi connectivity index (χ3v) is 3.28. The van der Waals surface area contributed by atoms with Crippen molar-refractivity contribution in [2.24, 2.45) is 0 Å². The lowest BCUT2D eigenvalue weighted by atomic mass is 10.4. The maximum absolute atomic E-state index is 8.97. The minimum absolute atomic E-state index is 0.0957. The zero-order valence-electron chi connectivity index (χ0n) is 9.18. The molecule has 1 aliphatic rings. The van der Waals surface area contributed by atoms with E-state index in [1.807, 2.05) is 13.0 Å². The lowest BCUT2D eigenvalue weighted by Crippen LogP contribution is -2.31. The summed E-state index contributed by atoms with van der Waals surface area (Å²) in [5.41, 5.74) is 0.959. The fraction of sp³-hybridized carbons (Fsp3) is 0.545. The smallest absolute Gasteiger partial charge is 0.187 e. The third-order valence-electron chi connectivity index (χ3n) is 2.32. The van der Waals surface area contributed by atoms with E-state index in [-0.39, 0.29) is 6.04 Å². The van der Waals surface area contributed by atoms with Gasteiger partial charge in [0.05, 0.1) is 6.07 Å². The maximum atomic E-state index is 8.97. The van der Waals surface area contributed by atoms with E-state index in [9.17, 15) is 0 Å². The van der Waals surface area contributed by atoms with E-state index >= 15 is 0 Å². The van der Waals surface area contributed by atoms with Gasteiger partial charge in [0.25, 0.3) is 0 Å². The minimum atomic E-state index is -0.0957. The Morgan fingerprint density at radius 2 is 2.50 bits per heavy atom. The van der Waals surface area contributed by atoms with Gasteiger partial charge in [-0.25, -0.2) is 9.97 Å². The Morgan fingerprint density at radius 3 is 3.12 bits per heavy atom. The average Bonchev–Trinajstić information content (AvgIpc) is 3.08. The first kappa shape index (κ1) is 11.4. The molecule has 4 nitrogen and oxygen atoms in total. The van der Waals surface area contributed by atoms with Gasteiger partial charge in [-0.2, -0.15) is 5.26 Å².